The van der Waals surface area contributed by atoms with Crippen LogP contribution in [0.25, 0.3) is 5.69 Å². The van der Waals surface area contributed by atoms with Gasteiger partial charge in [0.15, 0.2) is 0 Å². The minimum Gasteiger partial charge on any atom is -0.497 e. The molecule has 1 amide bonds. The Bertz CT molecular complexity index is 1500. The lowest BCUT2D eigenvalue weighted by Crippen LogP contribution is -2.45. The van der Waals surface area contributed by atoms with Gasteiger partial charge in [-0.3, -0.25) is 14.2 Å². The Labute approximate surface area is 199 Å². The fourth-order valence-electron chi connectivity index (χ4n) is 3.40. The van der Waals surface area contributed by atoms with Crippen LogP contribution in [0.5, 0.6) is 11.5 Å². The van der Waals surface area contributed by atoms with Crippen LogP contribution in [0, 0.1) is 5.82 Å². The number of amides is 1. The highest BCUT2D eigenvalue weighted by atomic mass is 19.1. The van der Waals surface area contributed by atoms with Crippen molar-refractivity contribution in [2.24, 2.45) is 0 Å². The summed E-state index contributed by atoms with van der Waals surface area (Å²) < 4.78 is 25.8. The molecule has 1 N–H and O–H groups in total. The van der Waals surface area contributed by atoms with Crippen LogP contribution in [0.4, 0.5) is 10.1 Å². The van der Waals surface area contributed by atoms with Gasteiger partial charge in [-0.05, 0) is 60.2 Å². The van der Waals surface area contributed by atoms with E-state index in [1.807, 2.05) is 0 Å². The van der Waals surface area contributed by atoms with Crippen LogP contribution in [0.2, 0.25) is 0 Å². The van der Waals surface area contributed by atoms with Gasteiger partial charge in [0, 0.05) is 5.69 Å². The fourth-order valence-corrected chi connectivity index (χ4v) is 3.40. The van der Waals surface area contributed by atoms with E-state index in [1.54, 1.807) is 48.5 Å². The van der Waals surface area contributed by atoms with Gasteiger partial charge in [0.05, 0.1) is 26.5 Å². The highest BCUT2D eigenvalue weighted by Crippen LogP contribution is 2.15. The molecule has 1 heterocycles. The molecule has 3 aromatic carbocycles. The van der Waals surface area contributed by atoms with Crippen molar-refractivity contribution in [1.82, 2.24) is 14.3 Å². The maximum Gasteiger partial charge on any atom is 0.352 e. The number of aromatic nitrogens is 3. The van der Waals surface area contributed by atoms with Gasteiger partial charge in [-0.2, -0.15) is 9.78 Å². The van der Waals surface area contributed by atoms with Gasteiger partial charge in [0.25, 0.3) is 11.5 Å². The molecule has 0 aliphatic heterocycles. The van der Waals surface area contributed by atoms with Crippen LogP contribution in [0.15, 0.2) is 82.4 Å². The highest BCUT2D eigenvalue weighted by molar-refractivity contribution is 6.02. The third-order valence-electron chi connectivity index (χ3n) is 5.15. The SMILES string of the molecule is COc1ccc(-n2nc(C(=O)Nc3cccc(F)c3)c(=O)n(Cc3cccc(OC)c3)c2=O)cc1. The monoisotopic (exact) mass is 476 g/mol. The average molecular weight is 476 g/mol. The van der Waals surface area contributed by atoms with Gasteiger partial charge >= 0.3 is 5.69 Å². The summed E-state index contributed by atoms with van der Waals surface area (Å²) >= 11 is 0. The standard InChI is InChI=1S/C25H21FN4O5/c1-34-20-11-9-19(10-12-20)30-25(33)29(15-16-5-3-8-21(13-16)35-2)24(32)22(28-30)23(31)27-18-7-4-6-17(26)14-18/h3-14H,15H2,1-2H3,(H,27,31). The lowest BCUT2D eigenvalue weighted by molar-refractivity contribution is 0.101. The van der Waals surface area contributed by atoms with E-state index in [9.17, 15) is 18.8 Å². The number of nitrogens with zero attached hydrogens (tertiary/aromatic N) is 3. The first-order valence-corrected chi connectivity index (χ1v) is 10.5. The second-order valence-electron chi connectivity index (χ2n) is 7.45. The number of carbonyl (C=O) groups excluding carboxylic acids is 1. The summed E-state index contributed by atoms with van der Waals surface area (Å²) in [5.74, 6) is -0.351. The lowest BCUT2D eigenvalue weighted by atomic mass is 10.2. The summed E-state index contributed by atoms with van der Waals surface area (Å²) in [6.45, 7) is -0.131. The first kappa shape index (κ1) is 23.4. The molecule has 35 heavy (non-hydrogen) atoms. The van der Waals surface area contributed by atoms with Crippen LogP contribution in [-0.4, -0.2) is 34.5 Å². The van der Waals surface area contributed by atoms with Crippen LogP contribution in [0.1, 0.15) is 16.1 Å². The van der Waals surface area contributed by atoms with E-state index in [4.69, 9.17) is 9.47 Å². The largest absolute Gasteiger partial charge is 0.497 e. The molecule has 0 aliphatic rings. The molecule has 178 valence electrons. The molecule has 9 nitrogen and oxygen atoms in total. The fraction of sp³-hybridized carbons (Fsp3) is 0.120. The molecule has 0 unspecified atom stereocenters. The van der Waals surface area contributed by atoms with Gasteiger partial charge in [0.1, 0.15) is 17.3 Å². The van der Waals surface area contributed by atoms with Crippen molar-refractivity contribution in [2.45, 2.75) is 6.54 Å². The number of hydrogen-bond donors (Lipinski definition) is 1. The number of rotatable bonds is 7. The van der Waals surface area contributed by atoms with Crippen LogP contribution >= 0.6 is 0 Å². The molecular weight excluding hydrogens is 455 g/mol. The van der Waals surface area contributed by atoms with Crippen molar-refractivity contribution in [2.75, 3.05) is 19.5 Å². The molecule has 0 saturated carbocycles. The smallest absolute Gasteiger partial charge is 0.352 e. The zero-order valence-corrected chi connectivity index (χ0v) is 18.9. The number of benzene rings is 3. The highest BCUT2D eigenvalue weighted by Gasteiger charge is 2.21. The van der Waals surface area contributed by atoms with E-state index in [0.29, 0.717) is 22.7 Å². The summed E-state index contributed by atoms with van der Waals surface area (Å²) in [6, 6.07) is 18.4. The van der Waals surface area contributed by atoms with E-state index in [2.05, 4.69) is 10.4 Å². The van der Waals surface area contributed by atoms with E-state index in [0.717, 1.165) is 15.3 Å². The second-order valence-corrected chi connectivity index (χ2v) is 7.45. The first-order chi connectivity index (χ1) is 16.9. The molecule has 4 rings (SSSR count). The Morgan fingerprint density at radius 2 is 1.66 bits per heavy atom. The van der Waals surface area contributed by atoms with Gasteiger partial charge in [-0.15, -0.1) is 0 Å². The van der Waals surface area contributed by atoms with Crippen LogP contribution in [-0.2, 0) is 6.54 Å². The van der Waals surface area contributed by atoms with E-state index in [1.165, 1.54) is 32.4 Å². The number of halogens is 1. The summed E-state index contributed by atoms with van der Waals surface area (Å²) in [4.78, 5) is 39.5. The van der Waals surface area contributed by atoms with E-state index < -0.39 is 28.7 Å². The Balaban J connectivity index is 1.84. The van der Waals surface area contributed by atoms with Gasteiger partial charge < -0.3 is 14.8 Å². The Kier molecular flexibility index (Phi) is 6.72. The van der Waals surface area contributed by atoms with Crippen molar-refractivity contribution in [3.05, 3.63) is 111 Å². The van der Waals surface area contributed by atoms with Gasteiger partial charge in [-0.1, -0.05) is 18.2 Å². The Morgan fingerprint density at radius 1 is 0.943 bits per heavy atom. The van der Waals surface area contributed by atoms with Gasteiger partial charge in [0.2, 0.25) is 5.69 Å². The number of anilines is 1. The Hall–Kier alpha value is -4.73. The van der Waals surface area contributed by atoms with Crippen molar-refractivity contribution in [1.29, 1.82) is 0 Å². The predicted octanol–water partition coefficient (Wildman–Crippen LogP) is 2.85. The molecule has 0 aliphatic carbocycles. The van der Waals surface area contributed by atoms with Crippen molar-refractivity contribution < 1.29 is 18.7 Å². The number of carbonyl (C=O) groups is 1. The van der Waals surface area contributed by atoms with Gasteiger partial charge in [-0.25, -0.2) is 9.18 Å². The van der Waals surface area contributed by atoms with Crippen molar-refractivity contribution >= 4 is 11.6 Å². The lowest BCUT2D eigenvalue weighted by Gasteiger charge is -2.13. The van der Waals surface area contributed by atoms with Crippen LogP contribution < -0.4 is 26.0 Å². The van der Waals surface area contributed by atoms with Crippen LogP contribution in [0.3, 0.4) is 0 Å². The summed E-state index contributed by atoms with van der Waals surface area (Å²) in [7, 11) is 3.01. The zero-order valence-electron chi connectivity index (χ0n) is 18.9. The zero-order chi connectivity index (χ0) is 24.9. The predicted molar refractivity (Wildman–Crippen MR) is 127 cm³/mol. The topological polar surface area (TPSA) is 104 Å². The maximum absolute atomic E-state index is 13.6. The molecule has 0 bridgehead atoms. The third-order valence-corrected chi connectivity index (χ3v) is 5.15. The molecule has 4 aromatic rings. The maximum atomic E-state index is 13.6. The van der Waals surface area contributed by atoms with E-state index >= 15 is 0 Å². The Morgan fingerprint density at radius 3 is 2.34 bits per heavy atom. The minimum absolute atomic E-state index is 0.131. The molecule has 0 saturated heterocycles. The first-order valence-electron chi connectivity index (χ1n) is 10.5. The summed E-state index contributed by atoms with van der Waals surface area (Å²) in [5.41, 5.74) is -1.12. The average Bonchev–Trinajstić information content (AvgIpc) is 2.87. The minimum atomic E-state index is -0.892. The number of ether oxygens (including phenoxy) is 2. The molecule has 0 radical (unpaired) electrons. The summed E-state index contributed by atoms with van der Waals surface area (Å²) in [6.07, 6.45) is 0. The molecule has 0 fully saturated rings. The normalized spacial score (nSPS) is 10.6. The van der Waals surface area contributed by atoms with Crippen molar-refractivity contribution in [3.63, 3.8) is 0 Å². The summed E-state index contributed by atoms with van der Waals surface area (Å²) in [5, 5.41) is 6.51. The number of nitrogens with one attached hydrogen (secondary N) is 1. The quantitative estimate of drug-likeness (QED) is 0.440. The second kappa shape index (κ2) is 10.0. The van der Waals surface area contributed by atoms with E-state index in [-0.39, 0.29) is 12.2 Å². The third kappa shape index (κ3) is 5.11. The van der Waals surface area contributed by atoms with Crippen molar-refractivity contribution in [3.8, 4) is 17.2 Å². The molecule has 1 aromatic heterocycles. The number of methoxy groups -OCH3 is 2. The number of hydrogen-bond acceptors (Lipinski definition) is 6. The molecule has 10 heteroatoms. The molecule has 0 atom stereocenters. The molecule has 0 spiro atoms. The molecular formula is C25H21FN4O5.